The molecule has 0 atom stereocenters. The Kier molecular flexibility index (Phi) is 5.62. The molecule has 0 unspecified atom stereocenters. The van der Waals surface area contributed by atoms with Crippen molar-refractivity contribution in [2.75, 3.05) is 19.8 Å². The molecule has 1 saturated carbocycles. The highest BCUT2D eigenvalue weighted by Gasteiger charge is 2.18. The van der Waals surface area contributed by atoms with Gasteiger partial charge in [0.1, 0.15) is 0 Å². The topological polar surface area (TPSA) is 54.5 Å². The Morgan fingerprint density at radius 3 is 2.55 bits per heavy atom. The Morgan fingerprint density at radius 2 is 1.91 bits per heavy atom. The Labute approximate surface area is 133 Å². The van der Waals surface area contributed by atoms with Crippen molar-refractivity contribution < 1.29 is 13.2 Å². The standard InChI is InChI=1S/C17H25NO3S/c1-18(12-11-14-7-4-3-5-8-14)17(19)15-9-6-10-16(13-15)22(2,20)21/h6,9-10,13-14H,3-5,7-8,11-12H2,1-2H3. The van der Waals surface area contributed by atoms with E-state index in [1.165, 1.54) is 44.2 Å². The van der Waals surface area contributed by atoms with Gasteiger partial charge in [0, 0.05) is 25.4 Å². The second-order valence-corrected chi connectivity index (χ2v) is 8.34. The fraction of sp³-hybridized carbons (Fsp3) is 0.588. The maximum atomic E-state index is 12.4. The van der Waals surface area contributed by atoms with Crippen LogP contribution in [0.25, 0.3) is 0 Å². The van der Waals surface area contributed by atoms with E-state index >= 15 is 0 Å². The van der Waals surface area contributed by atoms with E-state index in [0.29, 0.717) is 5.56 Å². The second kappa shape index (κ2) is 7.27. The minimum Gasteiger partial charge on any atom is -0.342 e. The number of carbonyl (C=O) groups excluding carboxylic acids is 1. The monoisotopic (exact) mass is 323 g/mol. The molecule has 22 heavy (non-hydrogen) atoms. The summed E-state index contributed by atoms with van der Waals surface area (Å²) in [5, 5.41) is 0. The highest BCUT2D eigenvalue weighted by atomic mass is 32.2. The van der Waals surface area contributed by atoms with Gasteiger partial charge in [-0.2, -0.15) is 0 Å². The number of rotatable bonds is 5. The molecule has 1 fully saturated rings. The van der Waals surface area contributed by atoms with E-state index < -0.39 is 9.84 Å². The highest BCUT2D eigenvalue weighted by Crippen LogP contribution is 2.26. The molecule has 1 amide bonds. The van der Waals surface area contributed by atoms with Gasteiger partial charge in [0.2, 0.25) is 0 Å². The zero-order chi connectivity index (χ0) is 16.2. The molecule has 1 aliphatic rings. The van der Waals surface area contributed by atoms with Crippen LogP contribution in [-0.2, 0) is 9.84 Å². The van der Waals surface area contributed by atoms with Crippen molar-refractivity contribution in [1.82, 2.24) is 4.90 Å². The summed E-state index contributed by atoms with van der Waals surface area (Å²) in [6, 6.07) is 6.29. The molecule has 2 rings (SSSR count). The van der Waals surface area contributed by atoms with Crippen molar-refractivity contribution in [3.8, 4) is 0 Å². The first-order valence-electron chi connectivity index (χ1n) is 7.93. The summed E-state index contributed by atoms with van der Waals surface area (Å²) in [7, 11) is -1.49. The summed E-state index contributed by atoms with van der Waals surface area (Å²) < 4.78 is 23.2. The van der Waals surface area contributed by atoms with Crippen LogP contribution in [0.2, 0.25) is 0 Å². The first-order valence-corrected chi connectivity index (χ1v) is 9.82. The molecular weight excluding hydrogens is 298 g/mol. The van der Waals surface area contributed by atoms with Crippen LogP contribution in [0, 0.1) is 5.92 Å². The molecule has 1 aromatic carbocycles. The number of benzene rings is 1. The van der Waals surface area contributed by atoms with Crippen LogP contribution in [0.15, 0.2) is 29.2 Å². The van der Waals surface area contributed by atoms with Crippen LogP contribution >= 0.6 is 0 Å². The van der Waals surface area contributed by atoms with E-state index in [9.17, 15) is 13.2 Å². The Morgan fingerprint density at radius 1 is 1.23 bits per heavy atom. The number of carbonyl (C=O) groups is 1. The largest absolute Gasteiger partial charge is 0.342 e. The van der Waals surface area contributed by atoms with E-state index in [1.54, 1.807) is 24.1 Å². The van der Waals surface area contributed by atoms with E-state index in [0.717, 1.165) is 25.1 Å². The summed E-state index contributed by atoms with van der Waals surface area (Å²) in [5.74, 6) is 0.618. The molecular formula is C17H25NO3S. The average Bonchev–Trinajstić information content (AvgIpc) is 2.52. The highest BCUT2D eigenvalue weighted by molar-refractivity contribution is 7.90. The number of nitrogens with zero attached hydrogens (tertiary/aromatic N) is 1. The van der Waals surface area contributed by atoms with Crippen LogP contribution < -0.4 is 0 Å². The first kappa shape index (κ1) is 17.0. The molecule has 0 bridgehead atoms. The smallest absolute Gasteiger partial charge is 0.253 e. The van der Waals surface area contributed by atoms with Crippen molar-refractivity contribution in [1.29, 1.82) is 0 Å². The van der Waals surface area contributed by atoms with Crippen molar-refractivity contribution in [3.05, 3.63) is 29.8 Å². The van der Waals surface area contributed by atoms with E-state index in [-0.39, 0.29) is 10.8 Å². The van der Waals surface area contributed by atoms with Crippen LogP contribution in [0.1, 0.15) is 48.9 Å². The van der Waals surface area contributed by atoms with Gasteiger partial charge in [-0.3, -0.25) is 4.79 Å². The van der Waals surface area contributed by atoms with Gasteiger partial charge < -0.3 is 4.90 Å². The number of amides is 1. The zero-order valence-corrected chi connectivity index (χ0v) is 14.2. The van der Waals surface area contributed by atoms with Gasteiger partial charge in [-0.15, -0.1) is 0 Å². The molecule has 0 aromatic heterocycles. The van der Waals surface area contributed by atoms with Gasteiger partial charge in [-0.25, -0.2) is 8.42 Å². The third-order valence-electron chi connectivity index (χ3n) is 4.45. The third kappa shape index (κ3) is 4.57. The van der Waals surface area contributed by atoms with Crippen LogP contribution in [0.5, 0.6) is 0 Å². The van der Waals surface area contributed by atoms with Crippen LogP contribution in [0.4, 0.5) is 0 Å². The quantitative estimate of drug-likeness (QED) is 0.836. The summed E-state index contributed by atoms with van der Waals surface area (Å²) in [6.45, 7) is 0.729. The Balaban J connectivity index is 1.98. The van der Waals surface area contributed by atoms with E-state index in [2.05, 4.69) is 0 Å². The first-order chi connectivity index (χ1) is 10.4. The van der Waals surface area contributed by atoms with Gasteiger partial charge in [-0.05, 0) is 30.5 Å². The summed E-state index contributed by atoms with van der Waals surface area (Å²) in [4.78, 5) is 14.3. The Hall–Kier alpha value is -1.36. The summed E-state index contributed by atoms with van der Waals surface area (Å²) in [6.07, 6.45) is 8.68. The molecule has 0 spiro atoms. The summed E-state index contributed by atoms with van der Waals surface area (Å²) in [5.41, 5.74) is 0.439. The molecule has 0 radical (unpaired) electrons. The van der Waals surface area contributed by atoms with E-state index in [1.807, 2.05) is 0 Å². The number of sulfone groups is 1. The van der Waals surface area contributed by atoms with Crippen LogP contribution in [-0.4, -0.2) is 39.1 Å². The average molecular weight is 323 g/mol. The molecule has 122 valence electrons. The second-order valence-electron chi connectivity index (χ2n) is 6.32. The van der Waals surface area contributed by atoms with Gasteiger partial charge in [0.15, 0.2) is 9.84 Å². The Bertz CT molecular complexity index is 619. The summed E-state index contributed by atoms with van der Waals surface area (Å²) >= 11 is 0. The molecule has 0 saturated heterocycles. The molecule has 0 aliphatic heterocycles. The lowest BCUT2D eigenvalue weighted by atomic mass is 9.87. The van der Waals surface area contributed by atoms with Crippen molar-refractivity contribution in [3.63, 3.8) is 0 Å². The fourth-order valence-electron chi connectivity index (χ4n) is 3.03. The van der Waals surface area contributed by atoms with Gasteiger partial charge in [0.05, 0.1) is 4.90 Å². The maximum absolute atomic E-state index is 12.4. The predicted molar refractivity (Wildman–Crippen MR) is 87.7 cm³/mol. The van der Waals surface area contributed by atoms with Crippen molar-refractivity contribution in [2.45, 2.75) is 43.4 Å². The predicted octanol–water partition coefficient (Wildman–Crippen LogP) is 3.13. The molecule has 1 aliphatic carbocycles. The normalized spacial score (nSPS) is 16.5. The van der Waals surface area contributed by atoms with Crippen molar-refractivity contribution >= 4 is 15.7 Å². The number of hydrogen-bond donors (Lipinski definition) is 0. The molecule has 1 aromatic rings. The van der Waals surface area contributed by atoms with Crippen molar-refractivity contribution in [2.24, 2.45) is 5.92 Å². The number of hydrogen-bond acceptors (Lipinski definition) is 3. The zero-order valence-electron chi connectivity index (χ0n) is 13.4. The van der Waals surface area contributed by atoms with Gasteiger partial charge in [-0.1, -0.05) is 38.2 Å². The molecule has 0 heterocycles. The lowest BCUT2D eigenvalue weighted by molar-refractivity contribution is 0.0783. The maximum Gasteiger partial charge on any atom is 0.253 e. The SMILES string of the molecule is CN(CCC1CCCCC1)C(=O)c1cccc(S(C)(=O)=O)c1. The van der Waals surface area contributed by atoms with E-state index in [4.69, 9.17) is 0 Å². The van der Waals surface area contributed by atoms with Crippen LogP contribution in [0.3, 0.4) is 0 Å². The minimum atomic E-state index is -3.28. The van der Waals surface area contributed by atoms with Gasteiger partial charge >= 0.3 is 0 Å². The minimum absolute atomic E-state index is 0.110. The fourth-order valence-corrected chi connectivity index (χ4v) is 3.70. The molecule has 4 nitrogen and oxygen atoms in total. The third-order valence-corrected chi connectivity index (χ3v) is 5.56. The lowest BCUT2D eigenvalue weighted by Gasteiger charge is -2.24. The van der Waals surface area contributed by atoms with Gasteiger partial charge in [0.25, 0.3) is 5.91 Å². The molecule has 0 N–H and O–H groups in total. The molecule has 5 heteroatoms. The lowest BCUT2D eigenvalue weighted by Crippen LogP contribution is -2.29.